The van der Waals surface area contributed by atoms with Crippen molar-refractivity contribution in [2.45, 2.75) is 6.61 Å². The number of aromatic nitrogens is 5. The number of pyridine rings is 2. The SMILES string of the molecule is Fc1ccc(-c2nccc3[nH]c(-c4n[nH]c5ccc(-c6cncc(OCc7ccccc7)c6)cc45)cc23)s1. The number of thiophene rings is 1. The quantitative estimate of drug-likeness (QED) is 0.238. The highest BCUT2D eigenvalue weighted by atomic mass is 32.1. The Balaban J connectivity index is 1.24. The summed E-state index contributed by atoms with van der Waals surface area (Å²) in [6.07, 6.45) is 5.29. The lowest BCUT2D eigenvalue weighted by Crippen LogP contribution is -1.95. The van der Waals surface area contributed by atoms with Gasteiger partial charge in [-0.05, 0) is 53.6 Å². The molecule has 2 N–H and O–H groups in total. The minimum absolute atomic E-state index is 0.232. The zero-order chi connectivity index (χ0) is 25.5. The summed E-state index contributed by atoms with van der Waals surface area (Å²) >= 11 is 1.09. The maximum atomic E-state index is 13.7. The molecule has 0 bridgehead atoms. The Bertz CT molecular complexity index is 1910. The second-order valence-electron chi connectivity index (χ2n) is 8.92. The molecule has 0 saturated heterocycles. The van der Waals surface area contributed by atoms with E-state index in [9.17, 15) is 4.39 Å². The number of halogens is 1. The molecule has 0 unspecified atom stereocenters. The van der Waals surface area contributed by atoms with Crippen LogP contribution in [0, 0.1) is 5.13 Å². The largest absolute Gasteiger partial charge is 0.487 e. The van der Waals surface area contributed by atoms with E-state index >= 15 is 0 Å². The van der Waals surface area contributed by atoms with Crippen LogP contribution in [-0.4, -0.2) is 25.1 Å². The lowest BCUT2D eigenvalue weighted by Gasteiger charge is -2.08. The molecule has 0 atom stereocenters. The van der Waals surface area contributed by atoms with Crippen LogP contribution in [0.4, 0.5) is 4.39 Å². The number of ether oxygens (including phenoxy) is 1. The maximum absolute atomic E-state index is 13.7. The maximum Gasteiger partial charge on any atom is 0.177 e. The summed E-state index contributed by atoms with van der Waals surface area (Å²) < 4.78 is 19.7. The Hall–Kier alpha value is -4.82. The molecule has 5 aromatic heterocycles. The number of H-pyrrole nitrogens is 2. The standard InChI is InChI=1S/C30H20FN5OS/c31-28-9-8-27(38-28)30-23-14-26(34-24(23)10-11-33-30)29-22-13-19(6-7-25(22)35-36-29)20-12-21(16-32-15-20)37-17-18-4-2-1-3-5-18/h1-16,34H,17H2,(H,35,36). The van der Waals surface area contributed by atoms with Crippen LogP contribution >= 0.6 is 11.3 Å². The predicted octanol–water partition coefficient (Wildman–Crippen LogP) is 7.61. The van der Waals surface area contributed by atoms with Gasteiger partial charge in [0, 0.05) is 34.2 Å². The number of hydrogen-bond donors (Lipinski definition) is 2. The van der Waals surface area contributed by atoms with Crippen LogP contribution in [-0.2, 0) is 6.61 Å². The van der Waals surface area contributed by atoms with Gasteiger partial charge >= 0.3 is 0 Å². The molecule has 5 heterocycles. The van der Waals surface area contributed by atoms with Gasteiger partial charge in [0.05, 0.1) is 28.0 Å². The second kappa shape index (κ2) is 9.24. The average Bonchev–Trinajstić information content (AvgIpc) is 3.70. The minimum Gasteiger partial charge on any atom is -0.487 e. The zero-order valence-corrected chi connectivity index (χ0v) is 20.8. The molecule has 8 heteroatoms. The van der Waals surface area contributed by atoms with Gasteiger partial charge in [0.1, 0.15) is 18.1 Å². The molecule has 7 aromatic rings. The van der Waals surface area contributed by atoms with E-state index in [0.29, 0.717) is 12.4 Å². The van der Waals surface area contributed by atoms with Crippen molar-refractivity contribution in [1.29, 1.82) is 0 Å². The molecule has 2 aromatic carbocycles. The Morgan fingerprint density at radius 1 is 0.816 bits per heavy atom. The molecule has 7 rings (SSSR count). The van der Waals surface area contributed by atoms with Gasteiger partial charge in [0.15, 0.2) is 5.13 Å². The normalized spacial score (nSPS) is 11.4. The van der Waals surface area contributed by atoms with E-state index in [2.05, 4.69) is 31.2 Å². The number of nitrogens with zero attached hydrogens (tertiary/aromatic N) is 3. The summed E-state index contributed by atoms with van der Waals surface area (Å²) in [4.78, 5) is 13.2. The first-order valence-electron chi connectivity index (χ1n) is 12.1. The van der Waals surface area contributed by atoms with Crippen LogP contribution < -0.4 is 4.74 Å². The Morgan fingerprint density at radius 3 is 2.58 bits per heavy atom. The smallest absolute Gasteiger partial charge is 0.177 e. The van der Waals surface area contributed by atoms with Gasteiger partial charge in [0.2, 0.25) is 0 Å². The van der Waals surface area contributed by atoms with Crippen LogP contribution in [0.1, 0.15) is 5.56 Å². The molecule has 0 amide bonds. The second-order valence-corrected chi connectivity index (χ2v) is 9.96. The fourth-order valence-corrected chi connectivity index (χ4v) is 5.36. The fourth-order valence-electron chi connectivity index (χ4n) is 4.61. The minimum atomic E-state index is -0.232. The summed E-state index contributed by atoms with van der Waals surface area (Å²) in [6.45, 7) is 0.478. The van der Waals surface area contributed by atoms with E-state index in [0.717, 1.165) is 71.8 Å². The lowest BCUT2D eigenvalue weighted by atomic mass is 10.0. The van der Waals surface area contributed by atoms with E-state index in [4.69, 9.17) is 4.74 Å². The van der Waals surface area contributed by atoms with Gasteiger partial charge in [0.25, 0.3) is 0 Å². The van der Waals surface area contributed by atoms with Gasteiger partial charge in [-0.25, -0.2) is 0 Å². The summed E-state index contributed by atoms with van der Waals surface area (Å²) in [7, 11) is 0. The van der Waals surface area contributed by atoms with Crippen LogP contribution in [0.2, 0.25) is 0 Å². The highest BCUT2D eigenvalue weighted by molar-refractivity contribution is 7.13. The average molecular weight is 518 g/mol. The topological polar surface area (TPSA) is 79.5 Å². The predicted molar refractivity (Wildman–Crippen MR) is 148 cm³/mol. The van der Waals surface area contributed by atoms with Crippen molar-refractivity contribution in [3.05, 3.63) is 108 Å². The first-order valence-corrected chi connectivity index (χ1v) is 12.9. The van der Waals surface area contributed by atoms with Crippen LogP contribution in [0.5, 0.6) is 5.75 Å². The monoisotopic (exact) mass is 517 g/mol. The zero-order valence-electron chi connectivity index (χ0n) is 20.0. The van der Waals surface area contributed by atoms with Gasteiger partial charge in [-0.2, -0.15) is 9.49 Å². The highest BCUT2D eigenvalue weighted by Crippen LogP contribution is 2.36. The first kappa shape index (κ1) is 22.4. The summed E-state index contributed by atoms with van der Waals surface area (Å²) in [5, 5.41) is 9.41. The molecule has 0 aliphatic rings. The van der Waals surface area contributed by atoms with E-state index in [1.54, 1.807) is 18.5 Å². The molecule has 6 nitrogen and oxygen atoms in total. The van der Waals surface area contributed by atoms with Crippen molar-refractivity contribution < 1.29 is 9.13 Å². The summed E-state index contributed by atoms with van der Waals surface area (Å²) in [5.74, 6) is 0.708. The third kappa shape index (κ3) is 4.10. The molecule has 0 fully saturated rings. The lowest BCUT2D eigenvalue weighted by molar-refractivity contribution is 0.305. The van der Waals surface area contributed by atoms with E-state index in [1.165, 1.54) is 6.07 Å². The highest BCUT2D eigenvalue weighted by Gasteiger charge is 2.16. The summed E-state index contributed by atoms with van der Waals surface area (Å²) in [5.41, 5.74) is 7.29. The first-order chi connectivity index (χ1) is 18.7. The van der Waals surface area contributed by atoms with Gasteiger partial charge in [-0.1, -0.05) is 36.4 Å². The Morgan fingerprint density at radius 2 is 1.71 bits per heavy atom. The molecule has 0 radical (unpaired) electrons. The molecular formula is C30H20FN5OS. The van der Waals surface area contributed by atoms with E-state index < -0.39 is 0 Å². The summed E-state index contributed by atoms with van der Waals surface area (Å²) in [6, 6.07) is 25.4. The van der Waals surface area contributed by atoms with Crippen molar-refractivity contribution in [2.75, 3.05) is 0 Å². The number of aromatic amines is 2. The Labute approximate surface area is 220 Å². The molecule has 0 aliphatic heterocycles. The van der Waals surface area contributed by atoms with E-state index in [1.807, 2.05) is 66.9 Å². The molecule has 0 aliphatic carbocycles. The van der Waals surface area contributed by atoms with Crippen LogP contribution in [0.25, 0.3) is 54.9 Å². The molecule has 0 saturated carbocycles. The molecule has 38 heavy (non-hydrogen) atoms. The Kier molecular flexibility index (Phi) is 5.44. The third-order valence-electron chi connectivity index (χ3n) is 6.47. The molecular weight excluding hydrogens is 497 g/mol. The fraction of sp³-hybridized carbons (Fsp3) is 0.0333. The van der Waals surface area contributed by atoms with Crippen molar-refractivity contribution >= 4 is 33.1 Å². The number of fused-ring (bicyclic) bond motifs is 2. The van der Waals surface area contributed by atoms with Gasteiger partial charge in [-0.15, -0.1) is 11.3 Å². The van der Waals surface area contributed by atoms with Crippen molar-refractivity contribution in [2.24, 2.45) is 0 Å². The molecule has 0 spiro atoms. The van der Waals surface area contributed by atoms with Crippen molar-refractivity contribution in [3.8, 4) is 38.8 Å². The number of hydrogen-bond acceptors (Lipinski definition) is 5. The number of nitrogens with one attached hydrogen (secondary N) is 2. The van der Waals surface area contributed by atoms with Gasteiger partial charge in [-0.3, -0.25) is 15.1 Å². The van der Waals surface area contributed by atoms with Crippen molar-refractivity contribution in [3.63, 3.8) is 0 Å². The number of benzene rings is 2. The van der Waals surface area contributed by atoms with Crippen molar-refractivity contribution in [1.82, 2.24) is 25.1 Å². The van der Waals surface area contributed by atoms with Crippen LogP contribution in [0.3, 0.4) is 0 Å². The number of rotatable bonds is 6. The van der Waals surface area contributed by atoms with Gasteiger partial charge < -0.3 is 9.72 Å². The van der Waals surface area contributed by atoms with Crippen LogP contribution in [0.15, 0.2) is 97.5 Å². The van der Waals surface area contributed by atoms with E-state index in [-0.39, 0.29) is 5.13 Å². The third-order valence-corrected chi connectivity index (χ3v) is 7.35. The molecule has 184 valence electrons.